The van der Waals surface area contributed by atoms with E-state index in [1.54, 1.807) is 7.05 Å². The van der Waals surface area contributed by atoms with E-state index in [1.807, 2.05) is 0 Å². The molecule has 14 heavy (non-hydrogen) atoms. The molecule has 5 heteroatoms. The van der Waals surface area contributed by atoms with Gasteiger partial charge in [-0.15, -0.1) is 0 Å². The predicted molar refractivity (Wildman–Crippen MR) is 52.4 cm³/mol. The Balaban J connectivity index is 2.48. The van der Waals surface area contributed by atoms with Crippen LogP contribution in [0.25, 0.3) is 0 Å². The first-order chi connectivity index (χ1) is 6.65. The lowest BCUT2D eigenvalue weighted by molar-refractivity contribution is -0.127. The van der Waals surface area contributed by atoms with Crippen LogP contribution in [0.1, 0.15) is 19.3 Å². The molecular weight excluding hydrogens is 182 g/mol. The second kappa shape index (κ2) is 4.95. The molecule has 1 aliphatic heterocycles. The first-order valence-corrected chi connectivity index (χ1v) is 4.89. The SMILES string of the molecule is CN[C@@H](C[C@@H]1CCCNC1=O)C(N)=O. The fourth-order valence-electron chi connectivity index (χ4n) is 1.72. The summed E-state index contributed by atoms with van der Waals surface area (Å²) in [6.45, 7) is 0.746. The van der Waals surface area contributed by atoms with Crippen LogP contribution in [-0.4, -0.2) is 31.4 Å². The average Bonchev–Trinajstić information content (AvgIpc) is 2.16. The topological polar surface area (TPSA) is 84.2 Å². The number of hydrogen-bond donors (Lipinski definition) is 3. The van der Waals surface area contributed by atoms with Crippen molar-refractivity contribution in [1.29, 1.82) is 0 Å². The van der Waals surface area contributed by atoms with Gasteiger partial charge in [0.2, 0.25) is 11.8 Å². The number of nitrogens with one attached hydrogen (secondary N) is 2. The molecule has 0 aromatic carbocycles. The Bertz CT molecular complexity index is 230. The van der Waals surface area contributed by atoms with Gasteiger partial charge in [-0.2, -0.15) is 0 Å². The molecular formula is C9H17N3O2. The maximum Gasteiger partial charge on any atom is 0.234 e. The Hall–Kier alpha value is -1.10. The van der Waals surface area contributed by atoms with Gasteiger partial charge in [-0.25, -0.2) is 0 Å². The van der Waals surface area contributed by atoms with Crippen LogP contribution in [0.15, 0.2) is 0 Å². The molecule has 4 N–H and O–H groups in total. The van der Waals surface area contributed by atoms with Gasteiger partial charge >= 0.3 is 0 Å². The second-order valence-corrected chi connectivity index (χ2v) is 3.61. The smallest absolute Gasteiger partial charge is 0.234 e. The quantitative estimate of drug-likeness (QED) is 0.541. The highest BCUT2D eigenvalue weighted by Gasteiger charge is 2.26. The van der Waals surface area contributed by atoms with E-state index in [2.05, 4.69) is 10.6 Å². The molecule has 0 saturated carbocycles. The Morgan fingerprint density at radius 1 is 1.79 bits per heavy atom. The maximum absolute atomic E-state index is 11.4. The van der Waals surface area contributed by atoms with Crippen molar-refractivity contribution in [3.63, 3.8) is 0 Å². The van der Waals surface area contributed by atoms with Gasteiger partial charge in [-0.05, 0) is 26.3 Å². The minimum Gasteiger partial charge on any atom is -0.368 e. The Morgan fingerprint density at radius 2 is 2.50 bits per heavy atom. The van der Waals surface area contributed by atoms with Gasteiger partial charge in [0.05, 0.1) is 6.04 Å². The van der Waals surface area contributed by atoms with E-state index in [9.17, 15) is 9.59 Å². The van der Waals surface area contributed by atoms with Crippen LogP contribution in [-0.2, 0) is 9.59 Å². The number of carbonyl (C=O) groups is 2. The molecule has 2 amide bonds. The summed E-state index contributed by atoms with van der Waals surface area (Å²) in [6, 6.07) is -0.399. The zero-order valence-corrected chi connectivity index (χ0v) is 8.38. The van der Waals surface area contributed by atoms with Gasteiger partial charge in [-0.3, -0.25) is 9.59 Å². The maximum atomic E-state index is 11.4. The molecule has 80 valence electrons. The molecule has 1 rings (SSSR count). The van der Waals surface area contributed by atoms with E-state index < -0.39 is 11.9 Å². The van der Waals surface area contributed by atoms with E-state index in [0.29, 0.717) is 6.42 Å². The number of carbonyl (C=O) groups excluding carboxylic acids is 2. The van der Waals surface area contributed by atoms with Gasteiger partial charge in [0.25, 0.3) is 0 Å². The number of piperidine rings is 1. The summed E-state index contributed by atoms with van der Waals surface area (Å²) in [7, 11) is 1.68. The second-order valence-electron chi connectivity index (χ2n) is 3.61. The van der Waals surface area contributed by atoms with Crippen molar-refractivity contribution >= 4 is 11.8 Å². The van der Waals surface area contributed by atoms with Crippen LogP contribution >= 0.6 is 0 Å². The molecule has 0 aromatic heterocycles. The molecule has 5 nitrogen and oxygen atoms in total. The standard InChI is InChI=1S/C9H17N3O2/c1-11-7(8(10)13)5-6-3-2-4-12-9(6)14/h6-7,11H,2-5H2,1H3,(H2,10,13)(H,12,14)/t6-,7-/m0/s1. The lowest BCUT2D eigenvalue weighted by atomic mass is 9.91. The molecule has 1 saturated heterocycles. The van der Waals surface area contributed by atoms with Gasteiger partial charge in [0.1, 0.15) is 0 Å². The molecule has 2 atom stereocenters. The Kier molecular flexibility index (Phi) is 3.88. The monoisotopic (exact) mass is 199 g/mol. The highest BCUT2D eigenvalue weighted by atomic mass is 16.2. The summed E-state index contributed by atoms with van der Waals surface area (Å²) in [4.78, 5) is 22.3. The molecule has 1 fully saturated rings. The van der Waals surface area contributed by atoms with Gasteiger partial charge in [0, 0.05) is 12.5 Å². The molecule has 0 unspecified atom stereocenters. The van der Waals surface area contributed by atoms with Crippen molar-refractivity contribution in [3.05, 3.63) is 0 Å². The lowest BCUT2D eigenvalue weighted by Crippen LogP contribution is -2.45. The number of likely N-dealkylation sites (N-methyl/N-ethyl adjacent to an activating group) is 1. The van der Waals surface area contributed by atoms with Crippen LogP contribution in [0.4, 0.5) is 0 Å². The Labute approximate surface area is 83.4 Å². The van der Waals surface area contributed by atoms with Crippen LogP contribution in [0.5, 0.6) is 0 Å². The van der Waals surface area contributed by atoms with Crippen molar-refractivity contribution in [2.75, 3.05) is 13.6 Å². The highest BCUT2D eigenvalue weighted by molar-refractivity contribution is 5.83. The fourth-order valence-corrected chi connectivity index (χ4v) is 1.72. The summed E-state index contributed by atoms with van der Waals surface area (Å²) in [6.07, 6.45) is 2.32. The van der Waals surface area contributed by atoms with E-state index in [4.69, 9.17) is 5.73 Å². The summed E-state index contributed by atoms with van der Waals surface area (Å²) in [5, 5.41) is 5.60. The zero-order valence-electron chi connectivity index (χ0n) is 8.38. The van der Waals surface area contributed by atoms with Crippen molar-refractivity contribution < 1.29 is 9.59 Å². The highest BCUT2D eigenvalue weighted by Crippen LogP contribution is 2.16. The molecule has 1 aliphatic rings. The van der Waals surface area contributed by atoms with E-state index in [0.717, 1.165) is 19.4 Å². The number of nitrogens with two attached hydrogens (primary N) is 1. The number of hydrogen-bond acceptors (Lipinski definition) is 3. The molecule has 0 aromatic rings. The largest absolute Gasteiger partial charge is 0.368 e. The first-order valence-electron chi connectivity index (χ1n) is 4.89. The summed E-state index contributed by atoms with van der Waals surface area (Å²) >= 11 is 0. The molecule has 0 radical (unpaired) electrons. The molecule has 1 heterocycles. The third-order valence-corrected chi connectivity index (χ3v) is 2.61. The summed E-state index contributed by atoms with van der Waals surface area (Å²) in [5.74, 6) is -0.433. The number of rotatable bonds is 4. The van der Waals surface area contributed by atoms with Crippen molar-refractivity contribution in [2.24, 2.45) is 11.7 Å². The van der Waals surface area contributed by atoms with Crippen LogP contribution < -0.4 is 16.4 Å². The fraction of sp³-hybridized carbons (Fsp3) is 0.778. The number of amides is 2. The predicted octanol–water partition coefficient (Wildman–Crippen LogP) is -1.02. The van der Waals surface area contributed by atoms with Gasteiger partial charge in [-0.1, -0.05) is 0 Å². The summed E-state index contributed by atoms with van der Waals surface area (Å²) < 4.78 is 0. The van der Waals surface area contributed by atoms with E-state index in [1.165, 1.54) is 0 Å². The molecule has 0 bridgehead atoms. The van der Waals surface area contributed by atoms with E-state index in [-0.39, 0.29) is 11.8 Å². The molecule has 0 spiro atoms. The average molecular weight is 199 g/mol. The lowest BCUT2D eigenvalue weighted by Gasteiger charge is -2.24. The zero-order chi connectivity index (χ0) is 10.6. The van der Waals surface area contributed by atoms with Crippen LogP contribution in [0, 0.1) is 5.92 Å². The molecule has 0 aliphatic carbocycles. The Morgan fingerprint density at radius 3 is 3.00 bits per heavy atom. The first kappa shape index (κ1) is 11.0. The van der Waals surface area contributed by atoms with Crippen molar-refractivity contribution in [1.82, 2.24) is 10.6 Å². The van der Waals surface area contributed by atoms with Crippen molar-refractivity contribution in [2.45, 2.75) is 25.3 Å². The normalized spacial score (nSPS) is 24.1. The summed E-state index contributed by atoms with van der Waals surface area (Å²) in [5.41, 5.74) is 5.18. The minimum absolute atomic E-state index is 0.0396. The van der Waals surface area contributed by atoms with Crippen LogP contribution in [0.3, 0.4) is 0 Å². The third kappa shape index (κ3) is 2.70. The van der Waals surface area contributed by atoms with E-state index >= 15 is 0 Å². The van der Waals surface area contributed by atoms with Gasteiger partial charge in [0.15, 0.2) is 0 Å². The number of primary amides is 1. The van der Waals surface area contributed by atoms with Crippen LogP contribution in [0.2, 0.25) is 0 Å². The third-order valence-electron chi connectivity index (χ3n) is 2.61. The minimum atomic E-state index is -0.399. The van der Waals surface area contributed by atoms with Crippen molar-refractivity contribution in [3.8, 4) is 0 Å². The van der Waals surface area contributed by atoms with Gasteiger partial charge < -0.3 is 16.4 Å².